The molecular formula is C20H19FN6O7P2. The summed E-state index contributed by atoms with van der Waals surface area (Å²) in [7, 11) is -9.09. The fourth-order valence-electron chi connectivity index (χ4n) is 3.28. The number of fused-ring (bicyclic) bond motifs is 1. The van der Waals surface area contributed by atoms with Gasteiger partial charge < -0.3 is 30.2 Å². The summed E-state index contributed by atoms with van der Waals surface area (Å²) >= 11 is 0. The summed E-state index contributed by atoms with van der Waals surface area (Å²) in [6, 6.07) is 11.3. The van der Waals surface area contributed by atoms with Crippen LogP contribution in [0.25, 0.3) is 22.4 Å². The van der Waals surface area contributed by atoms with Crippen molar-refractivity contribution < 1.29 is 37.9 Å². The van der Waals surface area contributed by atoms with Crippen molar-refractivity contribution in [3.8, 4) is 11.4 Å². The van der Waals surface area contributed by atoms with E-state index in [0.717, 1.165) is 0 Å². The van der Waals surface area contributed by atoms with Gasteiger partial charge in [0.25, 0.3) is 5.91 Å². The lowest BCUT2D eigenvalue weighted by atomic mass is 10.1. The third-order valence-corrected chi connectivity index (χ3v) is 8.32. The normalized spacial score (nSPS) is 12.2. The van der Waals surface area contributed by atoms with Crippen LogP contribution in [-0.4, -0.2) is 50.8 Å². The Hall–Kier alpha value is -3.51. The van der Waals surface area contributed by atoms with Crippen LogP contribution in [0.2, 0.25) is 0 Å². The van der Waals surface area contributed by atoms with Crippen LogP contribution in [0.3, 0.4) is 0 Å². The molecule has 4 rings (SSSR count). The predicted molar refractivity (Wildman–Crippen MR) is 128 cm³/mol. The molecule has 2 aromatic carbocycles. The standard InChI is InChI=1S/C20H19FN6O7P2/c1-27-18-15(10-22-27)17(26-20(35(29,30)31)36(32,33)34)24-16(25-18)11-3-2-4-12(9-11)19(28)23-14-7-5-13(21)6-8-14/h2-10,20H,1H3,(H,23,28)(H,24,25,26)(H2,29,30,31)(H2,32,33,34). The summed E-state index contributed by atoms with van der Waals surface area (Å²) in [4.78, 5) is 59.3. The Morgan fingerprint density at radius 1 is 1.03 bits per heavy atom. The predicted octanol–water partition coefficient (Wildman–Crippen LogP) is 2.47. The minimum atomic E-state index is -5.32. The SMILES string of the molecule is Cn1ncc2c(NC(P(=O)(O)O)P(=O)(O)O)nc(-c3cccc(C(=O)Nc4ccc(F)cc4)c3)nc21. The molecule has 0 aliphatic heterocycles. The van der Waals surface area contributed by atoms with Gasteiger partial charge in [-0.25, -0.2) is 14.4 Å². The quantitative estimate of drug-likeness (QED) is 0.190. The molecule has 0 unspecified atom stereocenters. The lowest BCUT2D eigenvalue weighted by Crippen LogP contribution is -2.21. The highest BCUT2D eigenvalue weighted by atomic mass is 31.2. The number of hydrogen-bond acceptors (Lipinski definition) is 7. The van der Waals surface area contributed by atoms with Crippen molar-refractivity contribution in [2.45, 2.75) is 5.52 Å². The zero-order valence-corrected chi connectivity index (χ0v) is 20.1. The maximum absolute atomic E-state index is 13.1. The minimum absolute atomic E-state index is 0.0137. The van der Waals surface area contributed by atoms with Crippen LogP contribution < -0.4 is 10.6 Å². The molecular weight excluding hydrogens is 517 g/mol. The number of carbonyl (C=O) groups is 1. The topological polar surface area (TPSA) is 200 Å². The van der Waals surface area contributed by atoms with Gasteiger partial charge in [-0.3, -0.25) is 18.6 Å². The number of hydrogen-bond donors (Lipinski definition) is 6. The molecule has 0 fully saturated rings. The van der Waals surface area contributed by atoms with E-state index in [1.54, 1.807) is 19.2 Å². The summed E-state index contributed by atoms with van der Waals surface area (Å²) in [5.41, 5.74) is -1.48. The van der Waals surface area contributed by atoms with Crippen LogP contribution >= 0.6 is 15.2 Å². The van der Waals surface area contributed by atoms with Gasteiger partial charge in [-0.2, -0.15) is 5.10 Å². The number of rotatable bonds is 7. The van der Waals surface area contributed by atoms with Gasteiger partial charge in [0.2, 0.25) is 5.52 Å². The number of anilines is 2. The Bertz CT molecular complexity index is 1530. The van der Waals surface area contributed by atoms with Crippen molar-refractivity contribution in [3.63, 3.8) is 0 Å². The van der Waals surface area contributed by atoms with Crippen molar-refractivity contribution in [1.82, 2.24) is 19.7 Å². The van der Waals surface area contributed by atoms with Gasteiger partial charge in [0, 0.05) is 23.9 Å². The van der Waals surface area contributed by atoms with Crippen molar-refractivity contribution in [2.75, 3.05) is 10.6 Å². The van der Waals surface area contributed by atoms with Crippen molar-refractivity contribution >= 4 is 43.6 Å². The van der Waals surface area contributed by atoms with Crippen molar-refractivity contribution in [3.05, 3.63) is 66.1 Å². The monoisotopic (exact) mass is 536 g/mol. The summed E-state index contributed by atoms with van der Waals surface area (Å²) in [6.45, 7) is 0. The lowest BCUT2D eigenvalue weighted by Gasteiger charge is -2.21. The lowest BCUT2D eigenvalue weighted by molar-refractivity contribution is 0.102. The molecule has 0 saturated carbocycles. The van der Waals surface area contributed by atoms with E-state index in [1.807, 2.05) is 0 Å². The maximum atomic E-state index is 13.1. The van der Waals surface area contributed by atoms with E-state index in [4.69, 9.17) is 0 Å². The molecule has 0 atom stereocenters. The summed E-state index contributed by atoms with van der Waals surface area (Å²) in [5, 5.41) is 8.95. The number of amides is 1. The van der Waals surface area contributed by atoms with Crippen molar-refractivity contribution in [1.29, 1.82) is 0 Å². The second-order valence-corrected chi connectivity index (χ2v) is 11.4. The molecule has 16 heteroatoms. The van der Waals surface area contributed by atoms with E-state index in [9.17, 15) is 37.9 Å². The number of nitrogens with zero attached hydrogens (tertiary/aromatic N) is 4. The van der Waals surface area contributed by atoms with E-state index >= 15 is 0 Å². The molecule has 4 aromatic rings. The number of nitrogens with one attached hydrogen (secondary N) is 2. The van der Waals surface area contributed by atoms with Gasteiger partial charge in [0.15, 0.2) is 11.5 Å². The number of aromatic nitrogens is 4. The number of halogens is 1. The third-order valence-electron chi connectivity index (χ3n) is 4.98. The Labute approximate surface area is 202 Å². The molecule has 0 aliphatic rings. The van der Waals surface area contributed by atoms with Gasteiger partial charge in [-0.15, -0.1) is 0 Å². The third kappa shape index (κ3) is 5.49. The molecule has 0 aliphatic carbocycles. The first-order valence-electron chi connectivity index (χ1n) is 10.1. The van der Waals surface area contributed by atoms with Crippen LogP contribution in [-0.2, 0) is 16.2 Å². The fourth-order valence-corrected chi connectivity index (χ4v) is 5.43. The van der Waals surface area contributed by atoms with Crippen molar-refractivity contribution in [2.24, 2.45) is 7.05 Å². The summed E-state index contributed by atoms with van der Waals surface area (Å²) in [5.74, 6) is -1.26. The summed E-state index contributed by atoms with van der Waals surface area (Å²) < 4.78 is 38.0. The van der Waals surface area contributed by atoms with Gasteiger partial charge in [-0.1, -0.05) is 12.1 Å². The van der Waals surface area contributed by atoms with E-state index in [-0.39, 0.29) is 28.2 Å². The number of carbonyl (C=O) groups excluding carboxylic acids is 1. The highest BCUT2D eigenvalue weighted by Crippen LogP contribution is 2.59. The molecule has 1 amide bonds. The largest absolute Gasteiger partial charge is 0.360 e. The van der Waals surface area contributed by atoms with E-state index in [1.165, 1.54) is 47.3 Å². The fraction of sp³-hybridized carbons (Fsp3) is 0.100. The van der Waals surface area contributed by atoms with Crippen LogP contribution in [0, 0.1) is 5.82 Å². The molecule has 36 heavy (non-hydrogen) atoms. The molecule has 0 spiro atoms. The van der Waals surface area contributed by atoms with Crippen LogP contribution in [0.1, 0.15) is 10.4 Å². The number of aryl methyl sites for hydroxylation is 1. The Morgan fingerprint density at radius 3 is 2.33 bits per heavy atom. The highest BCUT2D eigenvalue weighted by Gasteiger charge is 2.44. The van der Waals surface area contributed by atoms with Crippen LogP contribution in [0.15, 0.2) is 54.7 Å². The van der Waals surface area contributed by atoms with Gasteiger partial charge >= 0.3 is 15.2 Å². The molecule has 2 aromatic heterocycles. The Kier molecular flexibility index (Phi) is 6.76. The number of benzene rings is 2. The van der Waals surface area contributed by atoms with Gasteiger partial charge in [0.05, 0.1) is 11.6 Å². The smallest absolute Gasteiger partial charge is 0.346 e. The van der Waals surface area contributed by atoms with Crippen LogP contribution in [0.4, 0.5) is 15.9 Å². The average Bonchev–Trinajstić information content (AvgIpc) is 3.18. The average molecular weight is 536 g/mol. The molecule has 188 valence electrons. The van der Waals surface area contributed by atoms with E-state index < -0.39 is 32.4 Å². The molecule has 0 bridgehead atoms. The molecule has 6 N–H and O–H groups in total. The Balaban J connectivity index is 1.74. The second kappa shape index (κ2) is 9.51. The van der Waals surface area contributed by atoms with E-state index in [2.05, 4.69) is 25.7 Å². The van der Waals surface area contributed by atoms with Crippen LogP contribution in [0.5, 0.6) is 0 Å². The zero-order chi connectivity index (χ0) is 26.3. The van der Waals surface area contributed by atoms with Gasteiger partial charge in [0.1, 0.15) is 11.6 Å². The maximum Gasteiger partial charge on any atom is 0.360 e. The zero-order valence-electron chi connectivity index (χ0n) is 18.3. The summed E-state index contributed by atoms with van der Waals surface area (Å²) in [6.07, 6.45) is 1.27. The highest BCUT2D eigenvalue weighted by molar-refractivity contribution is 7.71. The molecule has 0 radical (unpaired) electrons. The van der Waals surface area contributed by atoms with Gasteiger partial charge in [-0.05, 0) is 36.4 Å². The molecule has 13 nitrogen and oxygen atoms in total. The van der Waals surface area contributed by atoms with E-state index in [0.29, 0.717) is 11.3 Å². The minimum Gasteiger partial charge on any atom is -0.346 e. The molecule has 0 saturated heterocycles. The second-order valence-electron chi connectivity index (χ2n) is 7.64. The molecule has 2 heterocycles. The Morgan fingerprint density at radius 2 is 1.69 bits per heavy atom. The first-order valence-corrected chi connectivity index (χ1v) is 13.4. The first-order chi connectivity index (χ1) is 16.8. The first kappa shape index (κ1) is 25.6.